The molecule has 1 aliphatic heterocycles. The first-order valence-corrected chi connectivity index (χ1v) is 10.1. The van der Waals surface area contributed by atoms with E-state index in [1.165, 1.54) is 7.11 Å². The molecule has 2 amide bonds. The maximum absolute atomic E-state index is 13.5. The number of urea groups is 1. The van der Waals surface area contributed by atoms with Gasteiger partial charge in [0.15, 0.2) is 11.5 Å². The second-order valence-corrected chi connectivity index (χ2v) is 7.16. The fraction of sp³-hybridized carbons (Fsp3) is 0.261. The third-order valence-corrected chi connectivity index (χ3v) is 5.49. The number of para-hydroxylation sites is 2. The van der Waals surface area contributed by atoms with E-state index in [4.69, 9.17) is 14.2 Å². The molecule has 0 aliphatic carbocycles. The van der Waals surface area contributed by atoms with E-state index in [1.54, 1.807) is 55.8 Å². The van der Waals surface area contributed by atoms with Crippen molar-refractivity contribution in [3.05, 3.63) is 71.3 Å². The van der Waals surface area contributed by atoms with Crippen LogP contribution in [0.15, 0.2) is 48.8 Å². The molecular formula is C23H24N4O5. The summed E-state index contributed by atoms with van der Waals surface area (Å²) in [5, 5.41) is 2.86. The molecule has 1 atom stereocenters. The Balaban J connectivity index is 1.75. The summed E-state index contributed by atoms with van der Waals surface area (Å²) in [6.07, 6.45) is 2.24. The molecule has 0 spiro atoms. The van der Waals surface area contributed by atoms with Gasteiger partial charge in [0, 0.05) is 24.2 Å². The van der Waals surface area contributed by atoms with Gasteiger partial charge in [0.25, 0.3) is 0 Å². The van der Waals surface area contributed by atoms with Crippen molar-refractivity contribution in [1.29, 1.82) is 0 Å². The second kappa shape index (κ2) is 9.01. The maximum Gasteiger partial charge on any atom is 0.339 e. The maximum atomic E-state index is 13.5. The summed E-state index contributed by atoms with van der Waals surface area (Å²) in [6.45, 7) is 0.437. The highest BCUT2D eigenvalue weighted by Gasteiger charge is 2.36. The summed E-state index contributed by atoms with van der Waals surface area (Å²) in [5.74, 6) is 0.563. The second-order valence-electron chi connectivity index (χ2n) is 7.16. The number of H-pyrrole nitrogens is 1. The lowest BCUT2D eigenvalue weighted by atomic mass is 9.95. The Kier molecular flexibility index (Phi) is 5.98. The van der Waals surface area contributed by atoms with Gasteiger partial charge in [0.2, 0.25) is 0 Å². The standard InChI is InChI=1S/C23H24N4O5/c1-30-18-10-6-8-15(21(18)31-2)20-19-17(24-13-25-19)11-12-27(20)23(29)26-16-9-5-4-7-14(16)22(28)32-3/h4-10,13,20H,11-12H2,1-3H3,(H,24,25)(H,26,29)/t20-/m0/s1. The molecule has 2 aromatic carbocycles. The van der Waals surface area contributed by atoms with Gasteiger partial charge in [0.05, 0.1) is 44.6 Å². The Hall–Kier alpha value is -4.01. The number of amides is 2. The number of rotatable bonds is 5. The van der Waals surface area contributed by atoms with Gasteiger partial charge in [-0.15, -0.1) is 0 Å². The van der Waals surface area contributed by atoms with Gasteiger partial charge in [-0.1, -0.05) is 24.3 Å². The van der Waals surface area contributed by atoms with Crippen LogP contribution in [0.4, 0.5) is 10.5 Å². The highest BCUT2D eigenvalue weighted by atomic mass is 16.5. The van der Waals surface area contributed by atoms with E-state index in [2.05, 4.69) is 15.3 Å². The first kappa shape index (κ1) is 21.2. The predicted octanol–water partition coefficient (Wildman–Crippen LogP) is 3.39. The van der Waals surface area contributed by atoms with Gasteiger partial charge >= 0.3 is 12.0 Å². The van der Waals surface area contributed by atoms with E-state index < -0.39 is 12.0 Å². The van der Waals surface area contributed by atoms with Crippen LogP contribution in [0, 0.1) is 0 Å². The van der Waals surface area contributed by atoms with Crippen molar-refractivity contribution >= 4 is 17.7 Å². The molecule has 2 N–H and O–H groups in total. The van der Waals surface area contributed by atoms with E-state index in [0.29, 0.717) is 30.2 Å². The minimum Gasteiger partial charge on any atom is -0.493 e. The molecule has 0 bridgehead atoms. The number of fused-ring (bicyclic) bond motifs is 1. The van der Waals surface area contributed by atoms with Crippen LogP contribution < -0.4 is 14.8 Å². The molecule has 32 heavy (non-hydrogen) atoms. The number of carbonyl (C=O) groups is 2. The number of hydrogen-bond donors (Lipinski definition) is 2. The van der Waals surface area contributed by atoms with E-state index in [9.17, 15) is 9.59 Å². The van der Waals surface area contributed by atoms with Crippen molar-refractivity contribution < 1.29 is 23.8 Å². The van der Waals surface area contributed by atoms with Crippen LogP contribution in [0.5, 0.6) is 11.5 Å². The molecule has 2 heterocycles. The molecule has 0 saturated carbocycles. The quantitative estimate of drug-likeness (QED) is 0.594. The summed E-state index contributed by atoms with van der Waals surface area (Å²) in [5.41, 5.74) is 3.08. The number of nitrogens with zero attached hydrogens (tertiary/aromatic N) is 2. The Morgan fingerprint density at radius 3 is 2.66 bits per heavy atom. The van der Waals surface area contributed by atoms with Gasteiger partial charge in [-0.3, -0.25) is 0 Å². The smallest absolute Gasteiger partial charge is 0.339 e. The Bertz CT molecular complexity index is 1140. The van der Waals surface area contributed by atoms with Crippen LogP contribution in [0.2, 0.25) is 0 Å². The van der Waals surface area contributed by atoms with Crippen LogP contribution in [0.3, 0.4) is 0 Å². The predicted molar refractivity (Wildman–Crippen MR) is 117 cm³/mol. The molecule has 4 rings (SSSR count). The van der Waals surface area contributed by atoms with Gasteiger partial charge in [-0.2, -0.15) is 0 Å². The Morgan fingerprint density at radius 2 is 1.91 bits per heavy atom. The molecule has 1 aliphatic rings. The van der Waals surface area contributed by atoms with Gasteiger partial charge in [-0.05, 0) is 18.2 Å². The molecular weight excluding hydrogens is 412 g/mol. The number of carbonyl (C=O) groups excluding carboxylic acids is 2. The summed E-state index contributed by atoms with van der Waals surface area (Å²) >= 11 is 0. The number of hydrogen-bond acceptors (Lipinski definition) is 6. The average Bonchev–Trinajstić information content (AvgIpc) is 3.31. The molecule has 9 nitrogen and oxygen atoms in total. The molecule has 166 valence electrons. The summed E-state index contributed by atoms with van der Waals surface area (Å²) in [4.78, 5) is 34.9. The number of aromatic nitrogens is 2. The molecule has 0 saturated heterocycles. The van der Waals surface area contributed by atoms with Crippen molar-refractivity contribution in [1.82, 2.24) is 14.9 Å². The zero-order chi connectivity index (χ0) is 22.7. The molecule has 0 unspecified atom stereocenters. The number of imidazole rings is 1. The number of esters is 1. The minimum atomic E-state index is -0.528. The summed E-state index contributed by atoms with van der Waals surface area (Å²) < 4.78 is 15.9. The lowest BCUT2D eigenvalue weighted by molar-refractivity contribution is 0.0602. The highest BCUT2D eigenvalue weighted by Crippen LogP contribution is 2.42. The number of benzene rings is 2. The van der Waals surface area contributed by atoms with E-state index >= 15 is 0 Å². The van der Waals surface area contributed by atoms with Crippen LogP contribution in [-0.2, 0) is 11.2 Å². The van der Waals surface area contributed by atoms with E-state index in [1.807, 2.05) is 12.1 Å². The van der Waals surface area contributed by atoms with Crippen LogP contribution in [0.1, 0.15) is 33.4 Å². The number of methoxy groups -OCH3 is 3. The number of ether oxygens (including phenoxy) is 3. The lowest BCUT2D eigenvalue weighted by Crippen LogP contribution is -2.43. The molecule has 0 radical (unpaired) electrons. The van der Waals surface area contributed by atoms with Crippen LogP contribution >= 0.6 is 0 Å². The van der Waals surface area contributed by atoms with Gasteiger partial charge in [0.1, 0.15) is 6.04 Å². The van der Waals surface area contributed by atoms with Gasteiger partial charge in [-0.25, -0.2) is 14.6 Å². The molecule has 0 fully saturated rings. The zero-order valence-corrected chi connectivity index (χ0v) is 18.0. The lowest BCUT2D eigenvalue weighted by Gasteiger charge is -2.36. The van der Waals surface area contributed by atoms with E-state index in [-0.39, 0.29) is 11.6 Å². The number of anilines is 1. The van der Waals surface area contributed by atoms with Crippen LogP contribution in [0.25, 0.3) is 0 Å². The van der Waals surface area contributed by atoms with Crippen molar-refractivity contribution in [2.24, 2.45) is 0 Å². The first-order valence-electron chi connectivity index (χ1n) is 10.1. The largest absolute Gasteiger partial charge is 0.493 e. The minimum absolute atomic E-state index is 0.274. The van der Waals surface area contributed by atoms with Crippen molar-refractivity contribution in [2.75, 3.05) is 33.2 Å². The summed E-state index contributed by atoms with van der Waals surface area (Å²) in [7, 11) is 4.43. The van der Waals surface area contributed by atoms with E-state index in [0.717, 1.165) is 17.0 Å². The topological polar surface area (TPSA) is 106 Å². The third kappa shape index (κ3) is 3.73. The zero-order valence-electron chi connectivity index (χ0n) is 18.0. The van der Waals surface area contributed by atoms with Gasteiger partial charge < -0.3 is 29.4 Å². The SMILES string of the molecule is COC(=O)c1ccccc1NC(=O)N1CCc2[nH]cnc2[C@@H]1c1cccc(OC)c1OC. The average molecular weight is 436 g/mol. The summed E-state index contributed by atoms with van der Waals surface area (Å²) in [6, 6.07) is 11.4. The molecule has 9 heteroatoms. The molecule has 1 aromatic heterocycles. The third-order valence-electron chi connectivity index (χ3n) is 5.49. The normalized spacial score (nSPS) is 15.0. The van der Waals surface area contributed by atoms with Crippen molar-refractivity contribution in [3.63, 3.8) is 0 Å². The van der Waals surface area contributed by atoms with Crippen LogP contribution in [-0.4, -0.2) is 54.7 Å². The number of nitrogens with one attached hydrogen (secondary N) is 2. The Morgan fingerprint density at radius 1 is 1.09 bits per heavy atom. The monoisotopic (exact) mass is 436 g/mol. The first-order chi connectivity index (χ1) is 15.6. The number of aromatic amines is 1. The van der Waals surface area contributed by atoms with Crippen molar-refractivity contribution in [2.45, 2.75) is 12.5 Å². The molecule has 3 aromatic rings. The Labute approximate surface area is 185 Å². The highest BCUT2D eigenvalue weighted by molar-refractivity contribution is 6.01. The fourth-order valence-corrected chi connectivity index (χ4v) is 4.00. The fourth-order valence-electron chi connectivity index (χ4n) is 4.00. The van der Waals surface area contributed by atoms with Crippen molar-refractivity contribution in [3.8, 4) is 11.5 Å².